The van der Waals surface area contributed by atoms with Gasteiger partial charge in [-0.15, -0.1) is 5.10 Å². The number of hydrogen-bond donors (Lipinski definition) is 0. The lowest BCUT2D eigenvalue weighted by atomic mass is 9.82. The molecule has 2 atom stereocenters. The molecule has 1 aliphatic carbocycles. The maximum atomic E-state index is 5.10. The molecule has 2 rings (SSSR count). The first-order valence-corrected chi connectivity index (χ1v) is 5.56. The minimum Gasteiger partial charge on any atom is -0.480 e. The van der Waals surface area contributed by atoms with Gasteiger partial charge in [0.05, 0.1) is 13.3 Å². The number of allylic oxidation sites excluding steroid dienone is 4. The number of rotatable bonds is 3. The zero-order valence-electron chi connectivity index (χ0n) is 9.63. The molecule has 1 aromatic heterocycles. The minimum atomic E-state index is 0.388. The topological polar surface area (TPSA) is 35.0 Å². The van der Waals surface area contributed by atoms with Crippen LogP contribution in [0.25, 0.3) is 0 Å². The summed E-state index contributed by atoms with van der Waals surface area (Å²) in [6, 6.07) is 1.96. The third-order valence-electron chi connectivity index (χ3n) is 2.97. The lowest BCUT2D eigenvalue weighted by molar-refractivity contribution is 0.390. The van der Waals surface area contributed by atoms with Crippen molar-refractivity contribution < 1.29 is 4.74 Å². The van der Waals surface area contributed by atoms with Crippen LogP contribution in [0, 0.1) is 5.92 Å². The van der Waals surface area contributed by atoms with Gasteiger partial charge in [0.25, 0.3) is 0 Å². The van der Waals surface area contributed by atoms with E-state index in [0.717, 1.165) is 6.42 Å². The van der Waals surface area contributed by atoms with Crippen molar-refractivity contribution in [3.05, 3.63) is 42.1 Å². The van der Waals surface area contributed by atoms with Gasteiger partial charge in [-0.05, 0) is 17.9 Å². The van der Waals surface area contributed by atoms with Crippen molar-refractivity contribution in [1.29, 1.82) is 0 Å². The zero-order valence-corrected chi connectivity index (χ0v) is 9.63. The van der Waals surface area contributed by atoms with Crippen LogP contribution in [0.1, 0.15) is 24.8 Å². The molecule has 0 saturated heterocycles. The van der Waals surface area contributed by atoms with Crippen LogP contribution < -0.4 is 4.74 Å². The van der Waals surface area contributed by atoms with Gasteiger partial charge in [0.2, 0.25) is 5.88 Å². The Bertz CT molecular complexity index is 412. The van der Waals surface area contributed by atoms with E-state index < -0.39 is 0 Å². The van der Waals surface area contributed by atoms with Gasteiger partial charge in [-0.3, -0.25) is 0 Å². The summed E-state index contributed by atoms with van der Waals surface area (Å²) < 4.78 is 5.10. The third-order valence-corrected chi connectivity index (χ3v) is 2.97. The first-order chi connectivity index (χ1) is 7.85. The highest BCUT2D eigenvalue weighted by atomic mass is 16.5. The van der Waals surface area contributed by atoms with Gasteiger partial charge >= 0.3 is 0 Å². The molecule has 0 N–H and O–H groups in total. The number of ether oxygens (including phenoxy) is 1. The Balaban J connectivity index is 2.28. The molecule has 0 bridgehead atoms. The molecule has 0 amide bonds. The van der Waals surface area contributed by atoms with Gasteiger partial charge < -0.3 is 4.74 Å². The third kappa shape index (κ3) is 2.13. The first-order valence-electron chi connectivity index (χ1n) is 5.56. The molecule has 3 nitrogen and oxygen atoms in total. The Hall–Kier alpha value is -1.64. The van der Waals surface area contributed by atoms with Crippen LogP contribution in [0.3, 0.4) is 0 Å². The van der Waals surface area contributed by atoms with E-state index in [9.17, 15) is 0 Å². The summed E-state index contributed by atoms with van der Waals surface area (Å²) in [6.07, 6.45) is 11.6. The molecule has 1 heterocycles. The zero-order chi connectivity index (χ0) is 11.4. The van der Waals surface area contributed by atoms with E-state index in [-0.39, 0.29) is 0 Å². The second-order valence-corrected chi connectivity index (χ2v) is 3.90. The lowest BCUT2D eigenvalue weighted by Crippen LogP contribution is -2.10. The summed E-state index contributed by atoms with van der Waals surface area (Å²) in [6.45, 7) is 2.20. The van der Waals surface area contributed by atoms with Crippen molar-refractivity contribution >= 4 is 0 Å². The maximum absolute atomic E-state index is 5.10. The average molecular weight is 216 g/mol. The van der Waals surface area contributed by atoms with Gasteiger partial charge in [0.1, 0.15) is 0 Å². The molecular formula is C13H16N2O. The fourth-order valence-corrected chi connectivity index (χ4v) is 2.04. The fourth-order valence-electron chi connectivity index (χ4n) is 2.04. The largest absolute Gasteiger partial charge is 0.480 e. The Morgan fingerprint density at radius 2 is 2.12 bits per heavy atom. The molecule has 0 fully saturated rings. The van der Waals surface area contributed by atoms with E-state index in [0.29, 0.717) is 17.7 Å². The molecule has 16 heavy (non-hydrogen) atoms. The summed E-state index contributed by atoms with van der Waals surface area (Å²) in [4.78, 5) is 0. The number of methoxy groups -OCH3 is 1. The van der Waals surface area contributed by atoms with Gasteiger partial charge in [-0.1, -0.05) is 31.2 Å². The normalized spacial score (nSPS) is 23.4. The summed E-state index contributed by atoms with van der Waals surface area (Å²) in [5.41, 5.74) is 1.17. The van der Waals surface area contributed by atoms with Crippen LogP contribution in [0.4, 0.5) is 0 Å². The van der Waals surface area contributed by atoms with E-state index in [1.807, 2.05) is 12.3 Å². The quantitative estimate of drug-likeness (QED) is 0.779. The highest BCUT2D eigenvalue weighted by Crippen LogP contribution is 2.32. The molecule has 0 radical (unpaired) electrons. The Labute approximate surface area is 95.9 Å². The molecule has 0 saturated carbocycles. The molecule has 3 heteroatoms. The predicted molar refractivity (Wildman–Crippen MR) is 63.4 cm³/mol. The molecule has 0 aromatic carbocycles. The molecule has 1 aromatic rings. The molecule has 0 spiro atoms. The van der Waals surface area contributed by atoms with Crippen molar-refractivity contribution in [2.45, 2.75) is 19.3 Å². The van der Waals surface area contributed by atoms with Gasteiger partial charge in [-0.2, -0.15) is 5.10 Å². The van der Waals surface area contributed by atoms with Crippen LogP contribution in [0.15, 0.2) is 36.6 Å². The van der Waals surface area contributed by atoms with Crippen LogP contribution in [0.5, 0.6) is 5.88 Å². The summed E-state index contributed by atoms with van der Waals surface area (Å²) >= 11 is 0. The monoisotopic (exact) mass is 216 g/mol. The lowest BCUT2D eigenvalue weighted by Gasteiger charge is -2.22. The Kier molecular flexibility index (Phi) is 3.34. The number of hydrogen-bond acceptors (Lipinski definition) is 3. The predicted octanol–water partition coefficient (Wildman–Crippen LogP) is 2.72. The van der Waals surface area contributed by atoms with E-state index in [1.54, 1.807) is 7.11 Å². The molecule has 2 unspecified atom stereocenters. The van der Waals surface area contributed by atoms with Crippen molar-refractivity contribution in [1.82, 2.24) is 10.2 Å². The van der Waals surface area contributed by atoms with Crippen molar-refractivity contribution in [2.75, 3.05) is 7.11 Å². The van der Waals surface area contributed by atoms with Gasteiger partial charge in [-0.25, -0.2) is 0 Å². The summed E-state index contributed by atoms with van der Waals surface area (Å²) in [5, 5.41) is 7.86. The average Bonchev–Trinajstić information content (AvgIpc) is 2.38. The minimum absolute atomic E-state index is 0.388. The maximum Gasteiger partial charge on any atom is 0.233 e. The summed E-state index contributed by atoms with van der Waals surface area (Å²) in [7, 11) is 1.61. The van der Waals surface area contributed by atoms with Crippen LogP contribution in [-0.4, -0.2) is 17.3 Å². The van der Waals surface area contributed by atoms with E-state index in [4.69, 9.17) is 4.74 Å². The SMILES string of the molecule is CCC1C=CC=CC1c1cnnc(OC)c1. The second kappa shape index (κ2) is 4.92. The summed E-state index contributed by atoms with van der Waals surface area (Å²) in [5.74, 6) is 1.51. The highest BCUT2D eigenvalue weighted by Gasteiger charge is 2.19. The molecule has 0 aliphatic heterocycles. The standard InChI is InChI=1S/C13H16N2O/c1-3-10-6-4-5-7-12(10)11-8-13(16-2)15-14-9-11/h4-10,12H,3H2,1-2H3. The van der Waals surface area contributed by atoms with E-state index >= 15 is 0 Å². The van der Waals surface area contributed by atoms with Crippen molar-refractivity contribution in [3.8, 4) is 5.88 Å². The first kappa shape index (κ1) is 10.9. The molecule has 1 aliphatic rings. The fraction of sp³-hybridized carbons (Fsp3) is 0.385. The molecular weight excluding hydrogens is 200 g/mol. The van der Waals surface area contributed by atoms with E-state index in [2.05, 4.69) is 41.4 Å². The smallest absolute Gasteiger partial charge is 0.233 e. The molecule has 84 valence electrons. The van der Waals surface area contributed by atoms with Crippen molar-refractivity contribution in [2.24, 2.45) is 5.92 Å². The Morgan fingerprint density at radius 1 is 1.31 bits per heavy atom. The van der Waals surface area contributed by atoms with E-state index in [1.165, 1.54) is 5.56 Å². The highest BCUT2D eigenvalue weighted by molar-refractivity contribution is 5.30. The Morgan fingerprint density at radius 3 is 2.88 bits per heavy atom. The van der Waals surface area contributed by atoms with Crippen LogP contribution in [-0.2, 0) is 0 Å². The number of aromatic nitrogens is 2. The van der Waals surface area contributed by atoms with Gasteiger partial charge in [0, 0.05) is 12.0 Å². The van der Waals surface area contributed by atoms with Gasteiger partial charge in [0.15, 0.2) is 0 Å². The van der Waals surface area contributed by atoms with Crippen molar-refractivity contribution in [3.63, 3.8) is 0 Å². The van der Waals surface area contributed by atoms with Crippen LogP contribution >= 0.6 is 0 Å². The number of nitrogens with zero attached hydrogens (tertiary/aromatic N) is 2. The van der Waals surface area contributed by atoms with Crippen LogP contribution in [0.2, 0.25) is 0 Å². The second-order valence-electron chi connectivity index (χ2n) is 3.90.